The van der Waals surface area contributed by atoms with Crippen LogP contribution in [0.15, 0.2) is 82.8 Å². The Labute approximate surface area is 322 Å². The fourth-order valence-corrected chi connectivity index (χ4v) is 6.84. The van der Waals surface area contributed by atoms with E-state index in [-0.39, 0.29) is 41.3 Å². The lowest BCUT2D eigenvalue weighted by atomic mass is 9.85. The predicted molar refractivity (Wildman–Crippen MR) is 204 cm³/mol. The number of benzene rings is 1. The summed E-state index contributed by atoms with van der Waals surface area (Å²) in [5, 5.41) is 16.7. The maximum absolute atomic E-state index is 14.0. The first kappa shape index (κ1) is 43.0. The second-order valence-electron chi connectivity index (χ2n) is 14.3. The second kappa shape index (κ2) is 20.3. The Hall–Kier alpha value is -4.73. The van der Waals surface area contributed by atoms with Crippen LogP contribution in [0.5, 0.6) is 0 Å². The fourth-order valence-electron chi connectivity index (χ4n) is 6.84. The minimum atomic E-state index is -1.04. The van der Waals surface area contributed by atoms with Crippen molar-refractivity contribution in [2.45, 2.75) is 71.4 Å². The van der Waals surface area contributed by atoms with Crippen LogP contribution < -0.4 is 16.4 Å². The highest BCUT2D eigenvalue weighted by molar-refractivity contribution is 6.24. The van der Waals surface area contributed by atoms with Gasteiger partial charge >= 0.3 is 6.09 Å². The van der Waals surface area contributed by atoms with E-state index in [1.165, 1.54) is 33.3 Å². The molecule has 2 bridgehead atoms. The van der Waals surface area contributed by atoms with Crippen molar-refractivity contribution >= 4 is 29.5 Å². The molecular formula is C41H54N4O10. The number of nitrogens with zero attached hydrogens (tertiary/aromatic N) is 1. The maximum Gasteiger partial charge on any atom is 0.405 e. The van der Waals surface area contributed by atoms with E-state index in [1.807, 2.05) is 19.1 Å². The molecule has 3 amide bonds. The van der Waals surface area contributed by atoms with Crippen molar-refractivity contribution in [3.8, 4) is 0 Å². The first-order chi connectivity index (χ1) is 26.2. The standard InChI is InChI=1S/C41H54N4O10/c1-24-20-30-35(44-40(50)29-12-10-28(11-13-29)14-15-45-16-18-54-19-17-45)32(46)23-31(37(30)48)43-39(49)25(2)8-7-9-33(52-5)38(55-41(42)51)27(4)22-26(3)36(47)34(21-24)53-6/h7-13,22-24,26,33-34,36,38,47H,14-21H2,1-6H3,(H2,42,51)(H,43,49)(H,44,50)/b9-7-,25-8+,27-22+/t24-,26+,33+,34+,36-,38+/m1/s1. The Balaban J connectivity index is 1.65. The average Bonchev–Trinajstić information content (AvgIpc) is 3.16. The van der Waals surface area contributed by atoms with Crippen LogP contribution in [-0.2, 0) is 39.8 Å². The molecule has 2 heterocycles. The van der Waals surface area contributed by atoms with Crippen LogP contribution in [0, 0.1) is 11.8 Å². The number of aliphatic hydroxyl groups excluding tert-OH is 1. The normalized spacial score (nSPS) is 28.9. The highest BCUT2D eigenvalue weighted by atomic mass is 16.6. The molecule has 1 aromatic carbocycles. The summed E-state index contributed by atoms with van der Waals surface area (Å²) in [6, 6.07) is 7.11. The van der Waals surface area contributed by atoms with Gasteiger partial charge in [0.05, 0.1) is 36.8 Å². The highest BCUT2D eigenvalue weighted by Crippen LogP contribution is 2.29. The number of allylic oxidation sites excluding steroid dienone is 4. The number of ketones is 2. The molecule has 298 valence electrons. The lowest BCUT2D eigenvalue weighted by molar-refractivity contribution is -0.120. The van der Waals surface area contributed by atoms with E-state index in [9.17, 15) is 29.1 Å². The molecule has 0 aromatic heterocycles. The molecule has 1 saturated heterocycles. The van der Waals surface area contributed by atoms with Crippen molar-refractivity contribution in [3.63, 3.8) is 0 Å². The quantitative estimate of drug-likeness (QED) is 0.225. The molecule has 0 radical (unpaired) electrons. The summed E-state index contributed by atoms with van der Waals surface area (Å²) in [4.78, 5) is 68.7. The van der Waals surface area contributed by atoms with Gasteiger partial charge < -0.3 is 40.4 Å². The van der Waals surface area contributed by atoms with Crippen molar-refractivity contribution in [2.75, 3.05) is 47.1 Å². The third-order valence-corrected chi connectivity index (χ3v) is 10.1. The van der Waals surface area contributed by atoms with Crippen molar-refractivity contribution in [1.82, 2.24) is 15.5 Å². The van der Waals surface area contributed by atoms with Crippen molar-refractivity contribution < 1.29 is 48.0 Å². The number of carbonyl (C=O) groups is 5. The number of nitrogens with two attached hydrogens (primary N) is 1. The minimum Gasteiger partial charge on any atom is -0.439 e. The number of fused-ring (bicyclic) bond motifs is 2. The van der Waals surface area contributed by atoms with Crippen LogP contribution in [0.1, 0.15) is 56.5 Å². The molecule has 0 spiro atoms. The van der Waals surface area contributed by atoms with Crippen LogP contribution in [0.25, 0.3) is 0 Å². The van der Waals surface area contributed by atoms with E-state index in [1.54, 1.807) is 38.1 Å². The SMILES string of the molecule is CO[C@H]1/C=C\C=C(/C)C(=O)NC2=CC(=O)C(NC(=O)c3ccc(CCN4CCOCC4)cc3)=C(C[C@@H](C)C[C@H](OC)[C@H](O)[C@@H](C)/C=C(\C)[C@@H]1OC(N)=O)C2=O. The summed E-state index contributed by atoms with van der Waals surface area (Å²) in [6.45, 7) is 10.9. The number of hydrogen-bond donors (Lipinski definition) is 4. The molecule has 0 unspecified atom stereocenters. The summed E-state index contributed by atoms with van der Waals surface area (Å²) in [5.41, 5.74) is 7.10. The Kier molecular flexibility index (Phi) is 15.8. The van der Waals surface area contributed by atoms with Crippen molar-refractivity contribution in [2.24, 2.45) is 17.6 Å². The van der Waals surface area contributed by atoms with Crippen LogP contribution in [0.3, 0.4) is 0 Å². The van der Waals surface area contributed by atoms with Crippen molar-refractivity contribution in [3.05, 3.63) is 93.9 Å². The zero-order valence-corrected chi connectivity index (χ0v) is 32.5. The number of carbonyl (C=O) groups excluding carboxylic acids is 5. The fraction of sp³-hybridized carbons (Fsp3) is 0.488. The van der Waals surface area contributed by atoms with Gasteiger partial charge in [0.25, 0.3) is 11.8 Å². The number of rotatable bonds is 8. The van der Waals surface area contributed by atoms with Gasteiger partial charge in [0.1, 0.15) is 6.10 Å². The monoisotopic (exact) mass is 762 g/mol. The summed E-state index contributed by atoms with van der Waals surface area (Å²) in [6.07, 6.45) is 3.84. The van der Waals surface area contributed by atoms with Crippen LogP contribution in [0.4, 0.5) is 4.79 Å². The zero-order valence-electron chi connectivity index (χ0n) is 32.5. The van der Waals surface area contributed by atoms with Crippen LogP contribution in [-0.4, -0.2) is 111 Å². The number of ether oxygens (including phenoxy) is 4. The summed E-state index contributed by atoms with van der Waals surface area (Å²) < 4.78 is 22.1. The van der Waals surface area contributed by atoms with E-state index >= 15 is 0 Å². The number of hydrogen-bond acceptors (Lipinski definition) is 11. The lowest BCUT2D eigenvalue weighted by Gasteiger charge is -2.30. The van der Waals surface area contributed by atoms with Gasteiger partial charge in [-0.05, 0) is 62.3 Å². The van der Waals surface area contributed by atoms with Gasteiger partial charge in [0.15, 0.2) is 6.10 Å². The van der Waals surface area contributed by atoms with E-state index in [4.69, 9.17) is 24.7 Å². The first-order valence-electron chi connectivity index (χ1n) is 18.5. The third kappa shape index (κ3) is 11.9. The third-order valence-electron chi connectivity index (χ3n) is 10.1. The molecule has 1 fully saturated rings. The van der Waals surface area contributed by atoms with Gasteiger partial charge in [0, 0.05) is 62.6 Å². The molecule has 14 heteroatoms. The Morgan fingerprint density at radius 2 is 1.75 bits per heavy atom. The molecule has 55 heavy (non-hydrogen) atoms. The molecule has 4 rings (SSSR count). The second-order valence-corrected chi connectivity index (χ2v) is 14.3. The molecule has 1 aliphatic carbocycles. The number of aliphatic hydroxyl groups is 1. The average molecular weight is 763 g/mol. The van der Waals surface area contributed by atoms with Gasteiger partial charge in [-0.15, -0.1) is 0 Å². The summed E-state index contributed by atoms with van der Waals surface area (Å²) in [5.74, 6) is -3.34. The molecular weight excluding hydrogens is 708 g/mol. The number of amides is 3. The summed E-state index contributed by atoms with van der Waals surface area (Å²) >= 11 is 0. The minimum absolute atomic E-state index is 0.0192. The van der Waals surface area contributed by atoms with E-state index in [0.29, 0.717) is 24.4 Å². The van der Waals surface area contributed by atoms with Gasteiger partial charge in [-0.1, -0.05) is 50.3 Å². The van der Waals surface area contributed by atoms with E-state index < -0.39 is 59.8 Å². The summed E-state index contributed by atoms with van der Waals surface area (Å²) in [7, 11) is 2.88. The Morgan fingerprint density at radius 1 is 1.05 bits per heavy atom. The van der Waals surface area contributed by atoms with Crippen molar-refractivity contribution in [1.29, 1.82) is 0 Å². The lowest BCUT2D eigenvalue weighted by Crippen LogP contribution is -2.38. The van der Waals surface area contributed by atoms with E-state index in [0.717, 1.165) is 37.7 Å². The molecule has 1 aromatic rings. The highest BCUT2D eigenvalue weighted by Gasteiger charge is 2.34. The first-order valence-corrected chi connectivity index (χ1v) is 18.5. The van der Waals surface area contributed by atoms with Gasteiger partial charge in [-0.3, -0.25) is 24.1 Å². The number of Topliss-reactive ketones (excluding diaryl/α,β-unsaturated/α-hetero) is 1. The Bertz CT molecular complexity index is 1740. The van der Waals surface area contributed by atoms with Gasteiger partial charge in [-0.2, -0.15) is 0 Å². The number of methoxy groups -OCH3 is 2. The molecule has 5 N–H and O–H groups in total. The zero-order chi connectivity index (χ0) is 40.2. The molecule has 3 aliphatic rings. The van der Waals surface area contributed by atoms with Crippen LogP contribution in [0.2, 0.25) is 0 Å². The largest absolute Gasteiger partial charge is 0.439 e. The topological polar surface area (TPSA) is 196 Å². The van der Waals surface area contributed by atoms with E-state index in [2.05, 4.69) is 15.5 Å². The maximum atomic E-state index is 14.0. The van der Waals surface area contributed by atoms with Crippen LogP contribution >= 0.6 is 0 Å². The number of morpholine rings is 1. The van der Waals surface area contributed by atoms with Gasteiger partial charge in [0.2, 0.25) is 11.6 Å². The smallest absolute Gasteiger partial charge is 0.405 e. The molecule has 2 aliphatic heterocycles. The molecule has 6 atom stereocenters. The predicted octanol–water partition coefficient (Wildman–Crippen LogP) is 3.07. The number of primary amides is 1. The number of nitrogens with one attached hydrogen (secondary N) is 2. The van der Waals surface area contributed by atoms with Gasteiger partial charge in [-0.25, -0.2) is 4.79 Å². The molecule has 0 saturated carbocycles. The Morgan fingerprint density at radius 3 is 2.38 bits per heavy atom. The molecule has 14 nitrogen and oxygen atoms in total.